The second kappa shape index (κ2) is 5.70. The molecule has 0 atom stereocenters. The van der Waals surface area contributed by atoms with Crippen LogP contribution in [0.5, 0.6) is 0 Å². The van der Waals surface area contributed by atoms with Gasteiger partial charge in [-0.15, -0.1) is 0 Å². The van der Waals surface area contributed by atoms with Gasteiger partial charge in [0, 0.05) is 6.54 Å². The maximum Gasteiger partial charge on any atom is 0.137 e. The summed E-state index contributed by atoms with van der Waals surface area (Å²) in [4.78, 5) is 2.44. The van der Waals surface area contributed by atoms with Crippen molar-refractivity contribution in [1.82, 2.24) is 4.90 Å². The zero-order valence-electron chi connectivity index (χ0n) is 11.2. The molecule has 3 heteroatoms. The highest BCUT2D eigenvalue weighted by atomic mass is 79.9. The van der Waals surface area contributed by atoms with Crippen molar-refractivity contribution in [1.29, 1.82) is 0 Å². The first-order valence-corrected chi connectivity index (χ1v) is 7.42. The Morgan fingerprint density at radius 2 is 2.06 bits per heavy atom. The second-order valence-corrected chi connectivity index (χ2v) is 6.80. The summed E-state index contributed by atoms with van der Waals surface area (Å²) in [7, 11) is 0. The molecule has 100 valence electrons. The molecule has 1 aromatic carbocycles. The van der Waals surface area contributed by atoms with E-state index in [0.29, 0.717) is 9.89 Å². The van der Waals surface area contributed by atoms with Gasteiger partial charge in [0.05, 0.1) is 4.47 Å². The summed E-state index contributed by atoms with van der Waals surface area (Å²) in [5.74, 6) is -0.164. The SMILES string of the molecule is CC1(C)CCCN(Cc2cccc(F)c2Br)CC1. The fourth-order valence-corrected chi connectivity index (χ4v) is 2.94. The van der Waals surface area contributed by atoms with Gasteiger partial charge in [-0.2, -0.15) is 0 Å². The molecule has 1 aliphatic rings. The molecule has 0 aromatic heterocycles. The predicted octanol–water partition coefficient (Wildman–Crippen LogP) is 4.60. The number of halogens is 2. The van der Waals surface area contributed by atoms with Crippen LogP contribution in [0.15, 0.2) is 22.7 Å². The van der Waals surface area contributed by atoms with E-state index in [4.69, 9.17) is 0 Å². The molecule has 0 spiro atoms. The molecule has 1 nitrogen and oxygen atoms in total. The highest BCUT2D eigenvalue weighted by molar-refractivity contribution is 9.10. The molecule has 18 heavy (non-hydrogen) atoms. The highest BCUT2D eigenvalue weighted by Gasteiger charge is 2.23. The van der Waals surface area contributed by atoms with E-state index >= 15 is 0 Å². The van der Waals surface area contributed by atoms with Crippen LogP contribution in [0, 0.1) is 11.2 Å². The summed E-state index contributed by atoms with van der Waals surface area (Å²) in [5.41, 5.74) is 1.50. The van der Waals surface area contributed by atoms with E-state index in [0.717, 1.165) is 25.2 Å². The maximum absolute atomic E-state index is 13.5. The Bertz CT molecular complexity index is 417. The molecule has 0 N–H and O–H groups in total. The van der Waals surface area contributed by atoms with Crippen LogP contribution in [0.25, 0.3) is 0 Å². The molecule has 1 saturated heterocycles. The molecule has 0 radical (unpaired) electrons. The molecule has 0 bridgehead atoms. The van der Waals surface area contributed by atoms with E-state index in [1.54, 1.807) is 6.07 Å². The van der Waals surface area contributed by atoms with Gasteiger partial charge in [-0.25, -0.2) is 4.39 Å². The van der Waals surface area contributed by atoms with E-state index in [1.165, 1.54) is 25.3 Å². The van der Waals surface area contributed by atoms with E-state index < -0.39 is 0 Å². The Hall–Kier alpha value is -0.410. The standard InChI is InChI=1S/C15H21BrFN/c1-15(2)7-4-9-18(10-8-15)11-12-5-3-6-13(17)14(12)16/h3,5-6H,4,7-11H2,1-2H3. The zero-order chi connectivity index (χ0) is 13.2. The second-order valence-electron chi connectivity index (χ2n) is 6.01. The van der Waals surface area contributed by atoms with Gasteiger partial charge in [0.1, 0.15) is 5.82 Å². The fourth-order valence-electron chi connectivity index (χ4n) is 2.55. The molecule has 1 heterocycles. The van der Waals surface area contributed by atoms with Crippen LogP contribution >= 0.6 is 15.9 Å². The monoisotopic (exact) mass is 313 g/mol. The van der Waals surface area contributed by atoms with Crippen LogP contribution in [-0.4, -0.2) is 18.0 Å². The predicted molar refractivity (Wildman–Crippen MR) is 77.0 cm³/mol. The first-order chi connectivity index (χ1) is 8.48. The fraction of sp³-hybridized carbons (Fsp3) is 0.600. The summed E-state index contributed by atoms with van der Waals surface area (Å²) in [6, 6.07) is 5.29. The summed E-state index contributed by atoms with van der Waals surface area (Å²) >= 11 is 3.35. The molecule has 0 amide bonds. The van der Waals surface area contributed by atoms with Crippen molar-refractivity contribution in [2.24, 2.45) is 5.41 Å². The average molecular weight is 314 g/mol. The first kappa shape index (κ1) is 14.0. The van der Waals surface area contributed by atoms with E-state index in [2.05, 4.69) is 34.7 Å². The van der Waals surface area contributed by atoms with Gasteiger partial charge in [-0.1, -0.05) is 26.0 Å². The minimum absolute atomic E-state index is 0.164. The number of likely N-dealkylation sites (tertiary alicyclic amines) is 1. The van der Waals surface area contributed by atoms with Crippen LogP contribution in [0.4, 0.5) is 4.39 Å². The Morgan fingerprint density at radius 1 is 1.28 bits per heavy atom. The first-order valence-electron chi connectivity index (χ1n) is 6.63. The van der Waals surface area contributed by atoms with Gasteiger partial charge in [0.15, 0.2) is 0 Å². The number of hydrogen-bond donors (Lipinski definition) is 0. The van der Waals surface area contributed by atoms with Crippen molar-refractivity contribution < 1.29 is 4.39 Å². The van der Waals surface area contributed by atoms with Gasteiger partial charge in [0.2, 0.25) is 0 Å². The van der Waals surface area contributed by atoms with Crippen molar-refractivity contribution >= 4 is 15.9 Å². The summed E-state index contributed by atoms with van der Waals surface area (Å²) in [5, 5.41) is 0. The summed E-state index contributed by atoms with van der Waals surface area (Å²) in [6.45, 7) is 7.75. The average Bonchev–Trinajstić information content (AvgIpc) is 2.47. The van der Waals surface area contributed by atoms with E-state index in [1.807, 2.05) is 6.07 Å². The Kier molecular flexibility index (Phi) is 4.44. The number of benzene rings is 1. The third kappa shape index (κ3) is 3.55. The van der Waals surface area contributed by atoms with Crippen LogP contribution < -0.4 is 0 Å². The summed E-state index contributed by atoms with van der Waals surface area (Å²) in [6.07, 6.45) is 3.74. The largest absolute Gasteiger partial charge is 0.299 e. The third-order valence-corrected chi connectivity index (χ3v) is 4.75. The lowest BCUT2D eigenvalue weighted by Crippen LogP contribution is -2.25. The normalized spacial score (nSPS) is 20.7. The lowest BCUT2D eigenvalue weighted by molar-refractivity contribution is 0.255. The molecule has 0 saturated carbocycles. The van der Waals surface area contributed by atoms with Crippen molar-refractivity contribution in [2.75, 3.05) is 13.1 Å². The molecular weight excluding hydrogens is 293 g/mol. The van der Waals surface area contributed by atoms with E-state index in [-0.39, 0.29) is 5.82 Å². The van der Waals surface area contributed by atoms with Crippen LogP contribution in [0.2, 0.25) is 0 Å². The van der Waals surface area contributed by atoms with Crippen molar-refractivity contribution in [3.05, 3.63) is 34.1 Å². The molecular formula is C15H21BrFN. The van der Waals surface area contributed by atoms with E-state index in [9.17, 15) is 4.39 Å². The Balaban J connectivity index is 2.03. The maximum atomic E-state index is 13.5. The number of hydrogen-bond acceptors (Lipinski definition) is 1. The molecule has 0 aliphatic carbocycles. The molecule has 1 aliphatic heterocycles. The van der Waals surface area contributed by atoms with Crippen LogP contribution in [-0.2, 0) is 6.54 Å². The van der Waals surface area contributed by atoms with Gasteiger partial charge in [0.25, 0.3) is 0 Å². The highest BCUT2D eigenvalue weighted by Crippen LogP contribution is 2.31. The lowest BCUT2D eigenvalue weighted by atomic mass is 9.85. The van der Waals surface area contributed by atoms with Crippen molar-refractivity contribution in [2.45, 2.75) is 39.7 Å². The zero-order valence-corrected chi connectivity index (χ0v) is 12.8. The smallest absolute Gasteiger partial charge is 0.137 e. The van der Waals surface area contributed by atoms with Crippen LogP contribution in [0.3, 0.4) is 0 Å². The van der Waals surface area contributed by atoms with Crippen LogP contribution in [0.1, 0.15) is 38.7 Å². The Labute approximate surface area is 118 Å². The molecule has 0 unspecified atom stereocenters. The number of nitrogens with zero attached hydrogens (tertiary/aromatic N) is 1. The van der Waals surface area contributed by atoms with Gasteiger partial charge < -0.3 is 0 Å². The van der Waals surface area contributed by atoms with Crippen molar-refractivity contribution in [3.63, 3.8) is 0 Å². The topological polar surface area (TPSA) is 3.24 Å². The molecule has 1 fully saturated rings. The quantitative estimate of drug-likeness (QED) is 0.771. The minimum atomic E-state index is -0.164. The van der Waals surface area contributed by atoms with Gasteiger partial charge >= 0.3 is 0 Å². The van der Waals surface area contributed by atoms with Crippen molar-refractivity contribution in [3.8, 4) is 0 Å². The lowest BCUT2D eigenvalue weighted by Gasteiger charge is -2.23. The van der Waals surface area contributed by atoms with Gasteiger partial charge in [-0.3, -0.25) is 4.90 Å². The molecule has 1 aromatic rings. The third-order valence-electron chi connectivity index (χ3n) is 3.86. The van der Waals surface area contributed by atoms with Gasteiger partial charge in [-0.05, 0) is 65.3 Å². The minimum Gasteiger partial charge on any atom is -0.299 e. The summed E-state index contributed by atoms with van der Waals surface area (Å²) < 4.78 is 14.1. The number of rotatable bonds is 2. The Morgan fingerprint density at radius 3 is 2.83 bits per heavy atom. The molecule has 2 rings (SSSR count).